The summed E-state index contributed by atoms with van der Waals surface area (Å²) in [6.07, 6.45) is 3.91. The third-order valence-electron chi connectivity index (χ3n) is 4.96. The Morgan fingerprint density at radius 1 is 1.08 bits per heavy atom. The molecule has 4 nitrogen and oxygen atoms in total. The summed E-state index contributed by atoms with van der Waals surface area (Å²) >= 11 is 0. The molecule has 1 aliphatic heterocycles. The second-order valence-electron chi connectivity index (χ2n) is 6.90. The van der Waals surface area contributed by atoms with E-state index in [4.69, 9.17) is 4.74 Å². The highest BCUT2D eigenvalue weighted by molar-refractivity contribution is 7.89. The molecule has 0 radical (unpaired) electrons. The Morgan fingerprint density at radius 3 is 2.44 bits per heavy atom. The van der Waals surface area contributed by atoms with E-state index in [-0.39, 0.29) is 0 Å². The minimum absolute atomic E-state index is 0.389. The molecule has 5 heteroatoms. The minimum atomic E-state index is -3.48. The zero-order valence-corrected chi connectivity index (χ0v) is 15.9. The Labute approximate surface area is 150 Å². The third-order valence-corrected chi connectivity index (χ3v) is 6.92. The van der Waals surface area contributed by atoms with Crippen molar-refractivity contribution in [2.75, 3.05) is 19.7 Å². The topological polar surface area (TPSA) is 46.6 Å². The summed E-state index contributed by atoms with van der Waals surface area (Å²) in [7, 11) is -3.48. The predicted octanol–water partition coefficient (Wildman–Crippen LogP) is 4.44. The number of unbranched alkanes of at least 4 members (excludes halogenated alkanes) is 1. The number of sulfonamides is 1. The molecule has 1 fully saturated rings. The molecule has 0 unspecified atom stereocenters. The van der Waals surface area contributed by atoms with Gasteiger partial charge in [0.15, 0.2) is 0 Å². The van der Waals surface area contributed by atoms with Crippen molar-refractivity contribution >= 4 is 20.8 Å². The van der Waals surface area contributed by atoms with E-state index < -0.39 is 10.0 Å². The minimum Gasteiger partial charge on any atom is -0.493 e. The van der Waals surface area contributed by atoms with Crippen LogP contribution in [-0.4, -0.2) is 32.4 Å². The molecule has 0 amide bonds. The monoisotopic (exact) mass is 361 g/mol. The smallest absolute Gasteiger partial charge is 0.243 e. The summed E-state index contributed by atoms with van der Waals surface area (Å²) in [6.45, 7) is 6.16. The maximum Gasteiger partial charge on any atom is 0.243 e. The Kier molecular flexibility index (Phi) is 5.64. The van der Waals surface area contributed by atoms with E-state index in [0.29, 0.717) is 30.5 Å². The quantitative estimate of drug-likeness (QED) is 0.715. The lowest BCUT2D eigenvalue weighted by Crippen LogP contribution is -2.37. The van der Waals surface area contributed by atoms with Crippen molar-refractivity contribution in [3.63, 3.8) is 0 Å². The van der Waals surface area contributed by atoms with Gasteiger partial charge in [-0.3, -0.25) is 0 Å². The molecular weight excluding hydrogens is 334 g/mol. The number of piperidine rings is 1. The van der Waals surface area contributed by atoms with Gasteiger partial charge >= 0.3 is 0 Å². The first-order valence-corrected chi connectivity index (χ1v) is 10.6. The van der Waals surface area contributed by atoms with Crippen molar-refractivity contribution in [3.05, 3.63) is 36.4 Å². The summed E-state index contributed by atoms with van der Waals surface area (Å²) in [5.41, 5.74) is 0. The van der Waals surface area contributed by atoms with Crippen molar-refractivity contribution in [1.82, 2.24) is 4.31 Å². The first-order chi connectivity index (χ1) is 12.0. The van der Waals surface area contributed by atoms with Crippen LogP contribution in [-0.2, 0) is 10.0 Å². The van der Waals surface area contributed by atoms with Crippen LogP contribution in [0.5, 0.6) is 5.75 Å². The van der Waals surface area contributed by atoms with Gasteiger partial charge in [-0.25, -0.2) is 8.42 Å². The van der Waals surface area contributed by atoms with Crippen LogP contribution in [0.4, 0.5) is 0 Å². The third kappa shape index (κ3) is 3.82. The number of fused-ring (bicyclic) bond motifs is 1. The number of benzene rings is 2. The highest BCUT2D eigenvalue weighted by Gasteiger charge is 2.29. The molecule has 3 rings (SSSR count). The van der Waals surface area contributed by atoms with Gasteiger partial charge in [0.1, 0.15) is 5.75 Å². The molecule has 136 valence electrons. The van der Waals surface area contributed by atoms with Crippen LogP contribution in [0.25, 0.3) is 10.8 Å². The maximum atomic E-state index is 13.2. The molecule has 1 aliphatic rings. The van der Waals surface area contributed by atoms with E-state index in [2.05, 4.69) is 13.8 Å². The van der Waals surface area contributed by atoms with E-state index in [1.165, 1.54) is 0 Å². The maximum absolute atomic E-state index is 13.2. The second-order valence-corrected chi connectivity index (χ2v) is 8.80. The Balaban J connectivity index is 1.98. The van der Waals surface area contributed by atoms with Crippen LogP contribution in [0.3, 0.4) is 0 Å². The van der Waals surface area contributed by atoms with Gasteiger partial charge in [-0.2, -0.15) is 4.31 Å². The summed E-state index contributed by atoms with van der Waals surface area (Å²) in [5.74, 6) is 1.35. The average molecular weight is 362 g/mol. The van der Waals surface area contributed by atoms with Crippen molar-refractivity contribution in [3.8, 4) is 5.75 Å². The van der Waals surface area contributed by atoms with E-state index in [0.717, 1.165) is 42.2 Å². The lowest BCUT2D eigenvalue weighted by Gasteiger charge is -2.29. The molecule has 2 aromatic rings. The van der Waals surface area contributed by atoms with Crippen molar-refractivity contribution in [1.29, 1.82) is 0 Å². The van der Waals surface area contributed by atoms with Crippen LogP contribution in [0.1, 0.15) is 39.5 Å². The fourth-order valence-corrected chi connectivity index (χ4v) is 4.95. The summed E-state index contributed by atoms with van der Waals surface area (Å²) in [5, 5.41) is 1.61. The molecule has 0 saturated carbocycles. The molecular formula is C20H27NO3S. The fourth-order valence-electron chi connectivity index (χ4n) is 3.29. The molecule has 25 heavy (non-hydrogen) atoms. The average Bonchev–Trinajstić information content (AvgIpc) is 2.62. The number of rotatable bonds is 6. The van der Waals surface area contributed by atoms with Gasteiger partial charge in [-0.1, -0.05) is 44.5 Å². The van der Waals surface area contributed by atoms with E-state index in [1.807, 2.05) is 24.3 Å². The second kappa shape index (κ2) is 7.75. The Bertz CT molecular complexity index is 824. The lowest BCUT2D eigenvalue weighted by molar-refractivity contribution is 0.288. The predicted molar refractivity (Wildman–Crippen MR) is 102 cm³/mol. The van der Waals surface area contributed by atoms with Crippen molar-refractivity contribution in [2.45, 2.75) is 44.4 Å². The van der Waals surface area contributed by atoms with Crippen LogP contribution in [0, 0.1) is 5.92 Å². The number of hydrogen-bond donors (Lipinski definition) is 0. The first-order valence-electron chi connectivity index (χ1n) is 9.18. The molecule has 0 aliphatic carbocycles. The number of hydrogen-bond acceptors (Lipinski definition) is 3. The standard InChI is InChI=1S/C20H27NO3S/c1-3-4-15-24-19-9-10-20(18-8-6-5-7-17(18)19)25(22,23)21-13-11-16(2)12-14-21/h5-10,16H,3-4,11-15H2,1-2H3. The lowest BCUT2D eigenvalue weighted by atomic mass is 10.0. The van der Waals surface area contributed by atoms with Gasteiger partial charge in [0.2, 0.25) is 10.0 Å². The van der Waals surface area contributed by atoms with Crippen LogP contribution in [0.15, 0.2) is 41.3 Å². The van der Waals surface area contributed by atoms with E-state index in [1.54, 1.807) is 16.4 Å². The summed E-state index contributed by atoms with van der Waals surface area (Å²) in [6, 6.07) is 11.1. The Morgan fingerprint density at radius 2 is 1.76 bits per heavy atom. The molecule has 0 N–H and O–H groups in total. The van der Waals surface area contributed by atoms with Crippen LogP contribution in [0.2, 0.25) is 0 Å². The van der Waals surface area contributed by atoms with Crippen LogP contribution < -0.4 is 4.74 Å². The molecule has 0 atom stereocenters. The molecule has 0 aromatic heterocycles. The largest absolute Gasteiger partial charge is 0.493 e. The zero-order chi connectivity index (χ0) is 17.9. The van der Waals surface area contributed by atoms with Gasteiger partial charge in [-0.05, 0) is 37.3 Å². The highest BCUT2D eigenvalue weighted by Crippen LogP contribution is 2.33. The first kappa shape index (κ1) is 18.2. The van der Waals surface area contributed by atoms with E-state index >= 15 is 0 Å². The van der Waals surface area contributed by atoms with E-state index in [9.17, 15) is 8.42 Å². The SMILES string of the molecule is CCCCOc1ccc(S(=O)(=O)N2CCC(C)CC2)c2ccccc12. The number of ether oxygens (including phenoxy) is 1. The zero-order valence-electron chi connectivity index (χ0n) is 15.1. The van der Waals surface area contributed by atoms with Gasteiger partial charge < -0.3 is 4.74 Å². The highest BCUT2D eigenvalue weighted by atomic mass is 32.2. The van der Waals surface area contributed by atoms with Gasteiger partial charge in [-0.15, -0.1) is 0 Å². The molecule has 1 heterocycles. The molecule has 0 spiro atoms. The molecule has 1 saturated heterocycles. The molecule has 0 bridgehead atoms. The summed E-state index contributed by atoms with van der Waals surface area (Å²) < 4.78 is 33.8. The van der Waals surface area contributed by atoms with Gasteiger partial charge in [0, 0.05) is 23.9 Å². The fraction of sp³-hybridized carbons (Fsp3) is 0.500. The van der Waals surface area contributed by atoms with Crippen molar-refractivity contribution < 1.29 is 13.2 Å². The molecule has 2 aromatic carbocycles. The van der Waals surface area contributed by atoms with Gasteiger partial charge in [0.25, 0.3) is 0 Å². The van der Waals surface area contributed by atoms with Crippen LogP contribution >= 0.6 is 0 Å². The summed E-state index contributed by atoms with van der Waals surface area (Å²) in [4.78, 5) is 0.389. The number of nitrogens with zero attached hydrogens (tertiary/aromatic N) is 1. The normalized spacial score (nSPS) is 17.0. The van der Waals surface area contributed by atoms with Crippen molar-refractivity contribution in [2.24, 2.45) is 5.92 Å². The van der Waals surface area contributed by atoms with Gasteiger partial charge in [0.05, 0.1) is 11.5 Å². The Hall–Kier alpha value is -1.59.